The van der Waals surface area contributed by atoms with Crippen molar-refractivity contribution in [3.63, 3.8) is 0 Å². The van der Waals surface area contributed by atoms with Crippen molar-refractivity contribution >= 4 is 17.4 Å². The molecule has 1 atom stereocenters. The van der Waals surface area contributed by atoms with Crippen LogP contribution >= 0.6 is 11.6 Å². The first kappa shape index (κ1) is 14.6. The van der Waals surface area contributed by atoms with Crippen molar-refractivity contribution in [1.29, 1.82) is 0 Å². The average molecular weight is 281 g/mol. The summed E-state index contributed by atoms with van der Waals surface area (Å²) in [5.74, 6) is 3.34. The number of hydrogen-bond donors (Lipinski definition) is 0. The van der Waals surface area contributed by atoms with E-state index in [4.69, 9.17) is 16.6 Å². The second-order valence-corrected chi connectivity index (χ2v) is 6.24. The largest absolute Gasteiger partial charge is 0.357 e. The maximum atomic E-state index is 5.90. The van der Waals surface area contributed by atoms with E-state index in [1.165, 1.54) is 19.3 Å². The van der Waals surface area contributed by atoms with Crippen molar-refractivity contribution in [2.75, 3.05) is 18.0 Å². The summed E-state index contributed by atoms with van der Waals surface area (Å²) in [5, 5.41) is 0. The zero-order valence-corrected chi connectivity index (χ0v) is 13.1. The number of anilines is 1. The Hall–Kier alpha value is -0.760. The molecule has 0 aliphatic carbocycles. The van der Waals surface area contributed by atoms with Gasteiger partial charge in [-0.2, -0.15) is 0 Å². The lowest BCUT2D eigenvalue weighted by Gasteiger charge is -2.23. The van der Waals surface area contributed by atoms with Gasteiger partial charge in [0.2, 0.25) is 0 Å². The van der Waals surface area contributed by atoms with Crippen LogP contribution < -0.4 is 4.90 Å². The average Bonchev–Trinajstić information content (AvgIpc) is 2.64. The van der Waals surface area contributed by atoms with Crippen molar-refractivity contribution in [1.82, 2.24) is 4.98 Å². The van der Waals surface area contributed by atoms with E-state index in [9.17, 15) is 0 Å². The molecule has 0 saturated carbocycles. The third-order valence-corrected chi connectivity index (χ3v) is 4.65. The molecule has 0 amide bonds. The Morgan fingerprint density at radius 1 is 1.32 bits per heavy atom. The quantitative estimate of drug-likeness (QED) is 0.764. The third-order valence-electron chi connectivity index (χ3n) is 4.36. The molecule has 2 rings (SSSR count). The molecule has 0 bridgehead atoms. The van der Waals surface area contributed by atoms with Crippen LogP contribution in [0.2, 0.25) is 0 Å². The molecule has 0 spiro atoms. The maximum absolute atomic E-state index is 5.90. The van der Waals surface area contributed by atoms with Crippen molar-refractivity contribution in [2.24, 2.45) is 11.8 Å². The Balaban J connectivity index is 2.08. The first-order valence-electron chi connectivity index (χ1n) is 7.39. The van der Waals surface area contributed by atoms with E-state index >= 15 is 0 Å². The second-order valence-electron chi connectivity index (χ2n) is 5.97. The van der Waals surface area contributed by atoms with Gasteiger partial charge in [-0.05, 0) is 49.7 Å². The molecule has 3 heteroatoms. The van der Waals surface area contributed by atoms with Crippen LogP contribution in [0.25, 0.3) is 0 Å². The Morgan fingerprint density at radius 3 is 2.74 bits per heavy atom. The monoisotopic (exact) mass is 280 g/mol. The van der Waals surface area contributed by atoms with Gasteiger partial charge >= 0.3 is 0 Å². The van der Waals surface area contributed by atoms with Crippen LogP contribution in [-0.4, -0.2) is 18.1 Å². The lowest BCUT2D eigenvalue weighted by atomic mass is 9.89. The highest BCUT2D eigenvalue weighted by Gasteiger charge is 2.20. The van der Waals surface area contributed by atoms with E-state index in [1.807, 2.05) is 0 Å². The molecule has 1 aliphatic heterocycles. The second kappa shape index (κ2) is 6.60. The van der Waals surface area contributed by atoms with E-state index in [2.05, 4.69) is 37.8 Å². The van der Waals surface area contributed by atoms with Crippen molar-refractivity contribution in [3.05, 3.63) is 23.4 Å². The van der Waals surface area contributed by atoms with Crippen LogP contribution in [0.1, 0.15) is 44.4 Å². The number of aromatic nitrogens is 1. The van der Waals surface area contributed by atoms with Crippen LogP contribution in [0.4, 0.5) is 5.82 Å². The number of pyridine rings is 1. The predicted molar refractivity (Wildman–Crippen MR) is 82.9 cm³/mol. The van der Waals surface area contributed by atoms with Crippen LogP contribution in [0, 0.1) is 18.8 Å². The zero-order valence-electron chi connectivity index (χ0n) is 12.3. The molecule has 0 N–H and O–H groups in total. The number of aryl methyl sites for hydroxylation is 1. The van der Waals surface area contributed by atoms with Crippen molar-refractivity contribution in [3.8, 4) is 0 Å². The third kappa shape index (κ3) is 3.62. The molecule has 1 aliphatic rings. The van der Waals surface area contributed by atoms with Gasteiger partial charge in [-0.1, -0.05) is 19.9 Å². The van der Waals surface area contributed by atoms with Gasteiger partial charge in [-0.3, -0.25) is 0 Å². The molecule has 0 aromatic carbocycles. The summed E-state index contributed by atoms with van der Waals surface area (Å²) >= 11 is 5.90. The fraction of sp³-hybridized carbons (Fsp3) is 0.688. The first-order chi connectivity index (χ1) is 9.11. The smallest absolute Gasteiger partial charge is 0.128 e. The molecule has 1 aromatic heterocycles. The van der Waals surface area contributed by atoms with Gasteiger partial charge in [0.15, 0.2) is 0 Å². The summed E-state index contributed by atoms with van der Waals surface area (Å²) < 4.78 is 0. The van der Waals surface area contributed by atoms with Gasteiger partial charge in [0.1, 0.15) is 5.82 Å². The Kier molecular flexibility index (Phi) is 5.09. The van der Waals surface area contributed by atoms with Gasteiger partial charge in [0.05, 0.1) is 0 Å². The van der Waals surface area contributed by atoms with Crippen LogP contribution in [0.5, 0.6) is 0 Å². The fourth-order valence-electron chi connectivity index (χ4n) is 2.91. The van der Waals surface area contributed by atoms with E-state index in [-0.39, 0.29) is 0 Å². The van der Waals surface area contributed by atoms with E-state index in [1.54, 1.807) is 0 Å². The molecular weight excluding hydrogens is 256 g/mol. The highest BCUT2D eigenvalue weighted by molar-refractivity contribution is 6.17. The molecule has 19 heavy (non-hydrogen) atoms. The van der Waals surface area contributed by atoms with Gasteiger partial charge in [-0.25, -0.2) is 4.98 Å². The summed E-state index contributed by atoms with van der Waals surface area (Å²) in [4.78, 5) is 7.16. The Labute approximate surface area is 122 Å². The van der Waals surface area contributed by atoms with Gasteiger partial charge < -0.3 is 4.90 Å². The molecule has 1 saturated heterocycles. The number of rotatable bonds is 3. The van der Waals surface area contributed by atoms with Gasteiger partial charge in [-0.15, -0.1) is 11.6 Å². The van der Waals surface area contributed by atoms with Crippen molar-refractivity contribution in [2.45, 2.75) is 45.9 Å². The molecule has 1 aromatic rings. The lowest BCUT2D eigenvalue weighted by molar-refractivity contribution is 0.351. The lowest BCUT2D eigenvalue weighted by Crippen LogP contribution is -2.25. The zero-order chi connectivity index (χ0) is 13.8. The minimum Gasteiger partial charge on any atom is -0.357 e. The molecule has 2 heterocycles. The molecule has 106 valence electrons. The number of alkyl halides is 1. The number of hydrogen-bond acceptors (Lipinski definition) is 2. The van der Waals surface area contributed by atoms with E-state index < -0.39 is 0 Å². The van der Waals surface area contributed by atoms with E-state index in [0.29, 0.717) is 5.88 Å². The molecular formula is C16H25ClN2. The minimum absolute atomic E-state index is 0.550. The normalized spacial score (nSPS) is 20.7. The van der Waals surface area contributed by atoms with Gasteiger partial charge in [0, 0.05) is 24.7 Å². The highest BCUT2D eigenvalue weighted by Crippen LogP contribution is 2.27. The number of halogens is 1. The summed E-state index contributed by atoms with van der Waals surface area (Å²) in [6, 6.07) is 4.25. The van der Waals surface area contributed by atoms with E-state index in [0.717, 1.165) is 42.0 Å². The molecule has 1 unspecified atom stereocenters. The minimum atomic E-state index is 0.550. The van der Waals surface area contributed by atoms with Crippen LogP contribution in [-0.2, 0) is 5.88 Å². The highest BCUT2D eigenvalue weighted by atomic mass is 35.5. The standard InChI is InChI=1S/C16H25ClN2/c1-12(2)14-5-4-9-19(10-8-14)16-7-6-15(11-17)13(3)18-16/h6-7,12,14H,4-5,8-11H2,1-3H3. The topological polar surface area (TPSA) is 16.1 Å². The summed E-state index contributed by atoms with van der Waals surface area (Å²) in [7, 11) is 0. The predicted octanol–water partition coefficient (Wildman–Crippen LogP) is 4.39. The summed E-state index contributed by atoms with van der Waals surface area (Å²) in [6.07, 6.45) is 3.92. The van der Waals surface area contributed by atoms with Gasteiger partial charge in [0.25, 0.3) is 0 Å². The maximum Gasteiger partial charge on any atom is 0.128 e. The Morgan fingerprint density at radius 2 is 2.11 bits per heavy atom. The molecule has 1 fully saturated rings. The SMILES string of the molecule is Cc1nc(N2CCCC(C(C)C)CC2)ccc1CCl. The van der Waals surface area contributed by atoms with Crippen LogP contribution in [0.3, 0.4) is 0 Å². The summed E-state index contributed by atoms with van der Waals surface area (Å²) in [5.41, 5.74) is 2.21. The first-order valence-corrected chi connectivity index (χ1v) is 7.92. The Bertz CT molecular complexity index is 417. The summed E-state index contributed by atoms with van der Waals surface area (Å²) in [6.45, 7) is 9.01. The van der Waals surface area contributed by atoms with Crippen molar-refractivity contribution < 1.29 is 0 Å². The molecule has 0 radical (unpaired) electrons. The fourth-order valence-corrected chi connectivity index (χ4v) is 3.19. The van der Waals surface area contributed by atoms with Crippen LogP contribution in [0.15, 0.2) is 12.1 Å². The number of nitrogens with zero attached hydrogens (tertiary/aromatic N) is 2. The molecule has 2 nitrogen and oxygen atoms in total.